The number of nitrogens with zero attached hydrogens (tertiary/aromatic N) is 2. The summed E-state index contributed by atoms with van der Waals surface area (Å²) in [7, 11) is 2.03. The molecule has 1 aromatic heterocycles. The van der Waals surface area contributed by atoms with E-state index in [4.69, 9.17) is 22.1 Å². The molecule has 5 heteroatoms. The highest BCUT2D eigenvalue weighted by Gasteiger charge is 2.28. The van der Waals surface area contributed by atoms with Crippen molar-refractivity contribution in [3.8, 4) is 0 Å². The van der Waals surface area contributed by atoms with Gasteiger partial charge < -0.3 is 15.4 Å². The Balaban J connectivity index is 2.21. The minimum Gasteiger partial charge on any atom is -0.376 e. The summed E-state index contributed by atoms with van der Waals surface area (Å²) in [4.78, 5) is 6.63. The third kappa shape index (κ3) is 2.54. The molecule has 2 rings (SSSR count). The number of anilines is 1. The summed E-state index contributed by atoms with van der Waals surface area (Å²) in [6.45, 7) is 3.26. The van der Waals surface area contributed by atoms with Crippen LogP contribution in [-0.2, 0) is 11.3 Å². The fourth-order valence-corrected chi connectivity index (χ4v) is 2.39. The minimum absolute atomic E-state index is 0.235. The van der Waals surface area contributed by atoms with Crippen LogP contribution in [0.25, 0.3) is 0 Å². The molecule has 0 spiro atoms. The van der Waals surface area contributed by atoms with E-state index in [0.29, 0.717) is 17.6 Å². The summed E-state index contributed by atoms with van der Waals surface area (Å²) in [6, 6.07) is 4.14. The molecule has 0 bridgehead atoms. The van der Waals surface area contributed by atoms with Gasteiger partial charge in [0.05, 0.1) is 22.9 Å². The molecule has 4 nitrogen and oxygen atoms in total. The molecule has 94 valence electrons. The summed E-state index contributed by atoms with van der Waals surface area (Å²) >= 11 is 6.00. The van der Waals surface area contributed by atoms with Gasteiger partial charge in [0.2, 0.25) is 0 Å². The second kappa shape index (κ2) is 5.21. The molecule has 1 aromatic rings. The Bertz CT molecular complexity index is 399. The molecule has 0 aliphatic carbocycles. The number of pyridine rings is 1. The average Bonchev–Trinajstić information content (AvgIpc) is 2.75. The topological polar surface area (TPSA) is 51.4 Å². The van der Waals surface area contributed by atoms with Gasteiger partial charge in [0.15, 0.2) is 0 Å². The Hall–Kier alpha value is -0.840. The van der Waals surface area contributed by atoms with E-state index >= 15 is 0 Å². The monoisotopic (exact) mass is 255 g/mol. The van der Waals surface area contributed by atoms with Crippen molar-refractivity contribution in [3.05, 3.63) is 22.8 Å². The third-order valence-corrected chi connectivity index (χ3v) is 3.64. The van der Waals surface area contributed by atoms with Crippen LogP contribution in [0.4, 0.5) is 5.82 Å². The summed E-state index contributed by atoms with van der Waals surface area (Å²) in [6.07, 6.45) is 1.26. The number of likely N-dealkylation sites (N-methyl/N-ethyl adjacent to an activating group) is 1. The molecule has 0 aromatic carbocycles. The lowest BCUT2D eigenvalue weighted by Gasteiger charge is -2.28. The molecule has 1 saturated heterocycles. The van der Waals surface area contributed by atoms with Crippen molar-refractivity contribution in [1.29, 1.82) is 0 Å². The Morgan fingerprint density at radius 1 is 1.59 bits per heavy atom. The van der Waals surface area contributed by atoms with E-state index in [1.165, 1.54) is 0 Å². The highest BCUT2D eigenvalue weighted by molar-refractivity contribution is 6.31. The SMILES string of the molecule is CC1OCCC1N(C)c1ccc(Cl)c(CN)n1. The lowest BCUT2D eigenvalue weighted by Crippen LogP contribution is -2.37. The predicted molar refractivity (Wildman–Crippen MR) is 69.4 cm³/mol. The quantitative estimate of drug-likeness (QED) is 0.895. The number of hydrogen-bond acceptors (Lipinski definition) is 4. The van der Waals surface area contributed by atoms with Crippen molar-refractivity contribution in [2.75, 3.05) is 18.6 Å². The van der Waals surface area contributed by atoms with Gasteiger partial charge in [-0.2, -0.15) is 0 Å². The highest BCUT2D eigenvalue weighted by Crippen LogP contribution is 2.25. The van der Waals surface area contributed by atoms with Crippen molar-refractivity contribution in [2.24, 2.45) is 5.73 Å². The van der Waals surface area contributed by atoms with Crippen LogP contribution in [-0.4, -0.2) is 30.8 Å². The van der Waals surface area contributed by atoms with Crippen LogP contribution >= 0.6 is 11.6 Å². The van der Waals surface area contributed by atoms with Crippen LogP contribution in [0.5, 0.6) is 0 Å². The molecule has 2 heterocycles. The first-order valence-corrected chi connectivity index (χ1v) is 6.21. The summed E-state index contributed by atoms with van der Waals surface area (Å²) < 4.78 is 5.57. The van der Waals surface area contributed by atoms with E-state index < -0.39 is 0 Å². The maximum absolute atomic E-state index is 6.00. The van der Waals surface area contributed by atoms with Crippen LogP contribution in [0, 0.1) is 0 Å². The fourth-order valence-electron chi connectivity index (χ4n) is 2.21. The number of ether oxygens (including phenoxy) is 1. The zero-order valence-electron chi connectivity index (χ0n) is 10.2. The zero-order valence-corrected chi connectivity index (χ0v) is 10.9. The van der Waals surface area contributed by atoms with E-state index in [1.807, 2.05) is 19.2 Å². The van der Waals surface area contributed by atoms with Gasteiger partial charge in [0.25, 0.3) is 0 Å². The van der Waals surface area contributed by atoms with E-state index in [2.05, 4.69) is 16.8 Å². The van der Waals surface area contributed by atoms with Gasteiger partial charge in [-0.15, -0.1) is 0 Å². The van der Waals surface area contributed by atoms with Crippen LogP contribution in [0.2, 0.25) is 5.02 Å². The fraction of sp³-hybridized carbons (Fsp3) is 0.583. The molecule has 1 aliphatic rings. The second-order valence-corrected chi connectivity index (χ2v) is 4.75. The molecule has 17 heavy (non-hydrogen) atoms. The van der Waals surface area contributed by atoms with Crippen molar-refractivity contribution >= 4 is 17.4 Å². The minimum atomic E-state index is 0.235. The largest absolute Gasteiger partial charge is 0.376 e. The predicted octanol–water partition coefficient (Wildman–Crippen LogP) is 1.81. The van der Waals surface area contributed by atoms with Gasteiger partial charge in [-0.25, -0.2) is 4.98 Å². The van der Waals surface area contributed by atoms with Crippen LogP contribution in [0.15, 0.2) is 12.1 Å². The Kier molecular flexibility index (Phi) is 3.86. The van der Waals surface area contributed by atoms with E-state index in [1.54, 1.807) is 0 Å². The summed E-state index contributed by atoms with van der Waals surface area (Å²) in [5, 5.41) is 0.625. The van der Waals surface area contributed by atoms with E-state index in [-0.39, 0.29) is 6.10 Å². The third-order valence-electron chi connectivity index (χ3n) is 3.29. The molecule has 2 atom stereocenters. The Morgan fingerprint density at radius 2 is 2.35 bits per heavy atom. The summed E-state index contributed by atoms with van der Waals surface area (Å²) in [5.41, 5.74) is 6.35. The first-order valence-electron chi connectivity index (χ1n) is 5.83. The van der Waals surface area contributed by atoms with Gasteiger partial charge in [-0.05, 0) is 25.5 Å². The van der Waals surface area contributed by atoms with E-state index in [9.17, 15) is 0 Å². The van der Waals surface area contributed by atoms with Gasteiger partial charge in [-0.1, -0.05) is 11.6 Å². The first-order chi connectivity index (χ1) is 8.13. The molecule has 0 amide bonds. The standard InChI is InChI=1S/C12H18ClN3O/c1-8-11(5-6-17-8)16(2)12-4-3-9(13)10(7-14)15-12/h3-4,8,11H,5-7,14H2,1-2H3. The number of hydrogen-bond donors (Lipinski definition) is 1. The molecular weight excluding hydrogens is 238 g/mol. The number of aromatic nitrogens is 1. The van der Waals surface area contributed by atoms with E-state index in [0.717, 1.165) is 24.5 Å². The molecule has 1 fully saturated rings. The Morgan fingerprint density at radius 3 is 2.94 bits per heavy atom. The maximum atomic E-state index is 6.00. The number of rotatable bonds is 3. The van der Waals surface area contributed by atoms with Gasteiger partial charge in [0, 0.05) is 20.2 Å². The average molecular weight is 256 g/mol. The Labute approximate surface area is 107 Å². The smallest absolute Gasteiger partial charge is 0.129 e. The molecule has 0 saturated carbocycles. The van der Waals surface area contributed by atoms with Crippen molar-refractivity contribution in [1.82, 2.24) is 4.98 Å². The normalized spacial score (nSPS) is 24.0. The van der Waals surface area contributed by atoms with Crippen molar-refractivity contribution in [2.45, 2.75) is 32.0 Å². The highest BCUT2D eigenvalue weighted by atomic mass is 35.5. The number of halogens is 1. The van der Waals surface area contributed by atoms with Gasteiger partial charge in [-0.3, -0.25) is 0 Å². The second-order valence-electron chi connectivity index (χ2n) is 4.34. The zero-order chi connectivity index (χ0) is 12.4. The molecule has 2 unspecified atom stereocenters. The molecule has 1 aliphatic heterocycles. The van der Waals surface area contributed by atoms with Crippen LogP contribution in [0.3, 0.4) is 0 Å². The summed E-state index contributed by atoms with van der Waals surface area (Å²) in [5.74, 6) is 0.900. The van der Waals surface area contributed by atoms with Crippen LogP contribution in [0.1, 0.15) is 19.0 Å². The molecular formula is C12H18ClN3O. The first kappa shape index (κ1) is 12.6. The maximum Gasteiger partial charge on any atom is 0.129 e. The van der Waals surface area contributed by atoms with Crippen LogP contribution < -0.4 is 10.6 Å². The van der Waals surface area contributed by atoms with Crippen molar-refractivity contribution in [3.63, 3.8) is 0 Å². The van der Waals surface area contributed by atoms with Gasteiger partial charge >= 0.3 is 0 Å². The van der Waals surface area contributed by atoms with Crippen molar-refractivity contribution < 1.29 is 4.74 Å². The lowest BCUT2D eigenvalue weighted by molar-refractivity contribution is 0.118. The van der Waals surface area contributed by atoms with Gasteiger partial charge in [0.1, 0.15) is 5.82 Å². The number of nitrogens with two attached hydrogens (primary N) is 1. The molecule has 2 N–H and O–H groups in total. The lowest BCUT2D eigenvalue weighted by atomic mass is 10.1. The molecule has 0 radical (unpaired) electrons.